The Kier molecular flexibility index (Phi) is 5.55. The minimum Gasteiger partial charge on any atom is -0.241 e. The summed E-state index contributed by atoms with van der Waals surface area (Å²) < 4.78 is 1.24. The van der Waals surface area contributed by atoms with Gasteiger partial charge in [0.1, 0.15) is 0 Å². The molecule has 0 spiro atoms. The molecule has 0 aliphatic heterocycles. The Balaban J connectivity index is 1.61. The first-order valence-electron chi connectivity index (χ1n) is 12.2. The van der Waals surface area contributed by atoms with Gasteiger partial charge in [0.2, 0.25) is 0 Å². The van der Waals surface area contributed by atoms with Crippen molar-refractivity contribution in [2.75, 3.05) is 6.26 Å². The lowest BCUT2D eigenvalue weighted by molar-refractivity contribution is 1.20. The van der Waals surface area contributed by atoms with Gasteiger partial charge in [0.05, 0.1) is 15.2 Å². The molecule has 3 heteroatoms. The van der Waals surface area contributed by atoms with Gasteiger partial charge in [0.25, 0.3) is 0 Å². The van der Waals surface area contributed by atoms with E-state index in [2.05, 4.69) is 147 Å². The number of hydrogen-bond acceptors (Lipinski definition) is 2. The van der Waals surface area contributed by atoms with E-state index < -0.39 is 9.16 Å². The van der Waals surface area contributed by atoms with Gasteiger partial charge < -0.3 is 0 Å². The van der Waals surface area contributed by atoms with Crippen LogP contribution < -0.4 is 0 Å². The summed E-state index contributed by atoms with van der Waals surface area (Å²) in [7, 11) is -3.00. The van der Waals surface area contributed by atoms with Gasteiger partial charge >= 0.3 is 0 Å². The normalized spacial score (nSPS) is 12.8. The number of nitrogens with zero attached hydrogens (tertiary/aromatic N) is 1. The van der Waals surface area contributed by atoms with Crippen LogP contribution in [0.2, 0.25) is 0 Å². The second-order valence-electron chi connectivity index (χ2n) is 9.53. The van der Waals surface area contributed by atoms with Crippen LogP contribution in [0.1, 0.15) is 5.01 Å². The topological polar surface area (TPSA) is 12.9 Å². The highest BCUT2D eigenvalue weighted by Gasteiger charge is 2.43. The van der Waals surface area contributed by atoms with E-state index in [0.29, 0.717) is 0 Å². The Bertz CT molecular complexity index is 1540. The zero-order valence-corrected chi connectivity index (χ0v) is 22.2. The van der Waals surface area contributed by atoms with Crippen LogP contribution in [-0.2, 0) is 0 Å². The number of thiol groups is 1. The van der Waals surface area contributed by atoms with Gasteiger partial charge in [-0.1, -0.05) is 121 Å². The zero-order valence-electron chi connectivity index (χ0n) is 20.5. The SMILES string of the molecule is Cc1nc2cc(-c3ccc([SH](C)(c4ccccc4)(c4ccccc4)c4ccccc4)cc3)ccc2s1. The second-order valence-corrected chi connectivity index (χ2v) is 16.0. The van der Waals surface area contributed by atoms with E-state index in [-0.39, 0.29) is 0 Å². The van der Waals surface area contributed by atoms with E-state index >= 15 is 0 Å². The van der Waals surface area contributed by atoms with Crippen LogP contribution in [-0.4, -0.2) is 11.2 Å². The zero-order chi connectivity index (χ0) is 24.6. The van der Waals surface area contributed by atoms with Crippen molar-refractivity contribution in [2.45, 2.75) is 26.5 Å². The van der Waals surface area contributed by atoms with E-state index in [1.54, 1.807) is 11.3 Å². The average Bonchev–Trinajstić information content (AvgIpc) is 3.33. The molecule has 36 heavy (non-hydrogen) atoms. The molecule has 0 unspecified atom stereocenters. The standard InChI is InChI=1S/C33H29NS2/c1-25-34-32-24-27(20-23-33(32)35-25)26-18-21-31(22-19-26)36(2,28-12-6-3-7-13-28,29-14-8-4-9-15-29)30-16-10-5-11-17-30/h3-24,36H,1-2H3. The smallest absolute Gasteiger partial charge is 0.0907 e. The highest BCUT2D eigenvalue weighted by atomic mass is 32.3. The largest absolute Gasteiger partial charge is 0.241 e. The number of aromatic nitrogens is 1. The summed E-state index contributed by atoms with van der Waals surface area (Å²) in [5.74, 6) is 0. The molecule has 1 nitrogen and oxygen atoms in total. The maximum Gasteiger partial charge on any atom is 0.0907 e. The molecule has 5 aromatic carbocycles. The minimum absolute atomic E-state index is 1.08. The fourth-order valence-corrected chi connectivity index (χ4v) is 11.8. The highest BCUT2D eigenvalue weighted by molar-refractivity contribution is 8.49. The molecule has 0 saturated heterocycles. The second kappa shape index (κ2) is 8.77. The number of fused-ring (bicyclic) bond motifs is 1. The third kappa shape index (κ3) is 3.42. The Morgan fingerprint density at radius 2 is 0.972 bits per heavy atom. The van der Waals surface area contributed by atoms with E-state index in [4.69, 9.17) is 4.98 Å². The van der Waals surface area contributed by atoms with Crippen molar-refractivity contribution in [1.82, 2.24) is 4.98 Å². The predicted octanol–water partition coefficient (Wildman–Crippen LogP) is 9.51. The third-order valence-electron chi connectivity index (χ3n) is 7.55. The monoisotopic (exact) mass is 503 g/mol. The summed E-state index contributed by atoms with van der Waals surface area (Å²) in [5.41, 5.74) is 3.49. The van der Waals surface area contributed by atoms with Gasteiger partial charge in [-0.25, -0.2) is 14.1 Å². The predicted molar refractivity (Wildman–Crippen MR) is 157 cm³/mol. The molecule has 6 rings (SSSR count). The van der Waals surface area contributed by atoms with Gasteiger partial charge in [-0.15, -0.1) is 11.3 Å². The van der Waals surface area contributed by atoms with Crippen LogP contribution in [0.25, 0.3) is 21.3 Å². The molecule has 1 aromatic heterocycles. The first kappa shape index (κ1) is 22.8. The first-order chi connectivity index (χ1) is 17.6. The summed E-state index contributed by atoms with van der Waals surface area (Å²) >= 11 is 1.75. The van der Waals surface area contributed by atoms with Gasteiger partial charge in [0, 0.05) is 0 Å². The highest BCUT2D eigenvalue weighted by Crippen LogP contribution is 2.87. The van der Waals surface area contributed by atoms with E-state index in [1.807, 2.05) is 0 Å². The van der Waals surface area contributed by atoms with Gasteiger partial charge in [0.15, 0.2) is 0 Å². The van der Waals surface area contributed by atoms with Gasteiger partial charge in [-0.05, 0) is 56.0 Å². The van der Waals surface area contributed by atoms with Crippen molar-refractivity contribution in [3.63, 3.8) is 0 Å². The number of hydrogen-bond donors (Lipinski definition) is 1. The molecule has 0 saturated carbocycles. The average molecular weight is 504 g/mol. The van der Waals surface area contributed by atoms with Crippen LogP contribution in [0.3, 0.4) is 0 Å². The van der Waals surface area contributed by atoms with Crippen molar-refractivity contribution in [2.24, 2.45) is 0 Å². The molecule has 0 amide bonds. The molecule has 0 N–H and O–H groups in total. The lowest BCUT2D eigenvalue weighted by atomic mass is 10.1. The Morgan fingerprint density at radius 3 is 1.47 bits per heavy atom. The Morgan fingerprint density at radius 1 is 0.528 bits per heavy atom. The maximum atomic E-state index is 4.71. The molecular formula is C33H29NS2. The molecule has 6 aromatic rings. The van der Waals surface area contributed by atoms with Crippen LogP contribution in [0.4, 0.5) is 0 Å². The maximum absolute atomic E-state index is 4.71. The lowest BCUT2D eigenvalue weighted by Gasteiger charge is -2.60. The molecule has 0 aliphatic rings. The van der Waals surface area contributed by atoms with Gasteiger partial charge in [-0.2, -0.15) is 0 Å². The Labute approximate surface area is 217 Å². The summed E-state index contributed by atoms with van der Waals surface area (Å²) in [6.07, 6.45) is 2.50. The van der Waals surface area contributed by atoms with Crippen molar-refractivity contribution < 1.29 is 0 Å². The molecule has 0 bridgehead atoms. The van der Waals surface area contributed by atoms with E-state index in [1.165, 1.54) is 35.4 Å². The van der Waals surface area contributed by atoms with Crippen molar-refractivity contribution in [1.29, 1.82) is 0 Å². The fraction of sp³-hybridized carbons (Fsp3) is 0.0606. The first-order valence-corrected chi connectivity index (χ1v) is 15.7. The molecule has 0 aliphatic carbocycles. The minimum atomic E-state index is -3.00. The van der Waals surface area contributed by atoms with Crippen molar-refractivity contribution in [3.8, 4) is 11.1 Å². The number of aryl methyl sites for hydroxylation is 1. The fourth-order valence-electron chi connectivity index (χ4n) is 5.55. The van der Waals surface area contributed by atoms with Crippen molar-refractivity contribution in [3.05, 3.63) is 138 Å². The molecule has 0 atom stereocenters. The van der Waals surface area contributed by atoms with Crippen LogP contribution in [0.5, 0.6) is 0 Å². The summed E-state index contributed by atoms with van der Waals surface area (Å²) in [4.78, 5) is 10.2. The van der Waals surface area contributed by atoms with Crippen molar-refractivity contribution >= 4 is 30.7 Å². The number of thiazole rings is 1. The summed E-state index contributed by atoms with van der Waals surface area (Å²) in [5, 5.41) is 1.11. The molecule has 1 heterocycles. The molecular weight excluding hydrogens is 475 g/mol. The summed E-state index contributed by atoms with van der Waals surface area (Å²) in [6, 6.07) is 49.1. The van der Waals surface area contributed by atoms with Crippen LogP contribution in [0.15, 0.2) is 153 Å². The van der Waals surface area contributed by atoms with Crippen LogP contribution >= 0.6 is 20.5 Å². The molecule has 0 radical (unpaired) electrons. The van der Waals surface area contributed by atoms with Crippen LogP contribution in [0, 0.1) is 6.92 Å². The molecule has 0 fully saturated rings. The quantitative estimate of drug-likeness (QED) is 0.231. The number of rotatable bonds is 5. The number of benzene rings is 5. The van der Waals surface area contributed by atoms with E-state index in [0.717, 1.165) is 10.5 Å². The molecule has 178 valence electrons. The summed E-state index contributed by atoms with van der Waals surface area (Å²) in [6.45, 7) is 2.07. The van der Waals surface area contributed by atoms with Gasteiger partial charge in [-0.3, -0.25) is 0 Å². The Hall–Kier alpha value is -3.66. The lowest BCUT2D eigenvalue weighted by Crippen LogP contribution is -2.19. The van der Waals surface area contributed by atoms with E-state index in [9.17, 15) is 0 Å². The third-order valence-corrected chi connectivity index (χ3v) is 14.9.